The second-order valence-corrected chi connectivity index (χ2v) is 7.08. The van der Waals surface area contributed by atoms with Gasteiger partial charge in [-0.15, -0.1) is 11.8 Å². The Morgan fingerprint density at radius 1 is 1.14 bits per heavy atom. The number of rotatable bonds is 5. The van der Waals surface area contributed by atoms with Crippen molar-refractivity contribution in [3.05, 3.63) is 58.6 Å². The number of hydrogen-bond donors (Lipinski definition) is 1. The summed E-state index contributed by atoms with van der Waals surface area (Å²) in [4.78, 5) is 13.3. The van der Waals surface area contributed by atoms with Crippen molar-refractivity contribution in [2.24, 2.45) is 0 Å². The van der Waals surface area contributed by atoms with E-state index in [1.165, 1.54) is 5.56 Å². The van der Waals surface area contributed by atoms with Gasteiger partial charge in [0.05, 0.1) is 5.25 Å². The molecule has 0 aliphatic heterocycles. The van der Waals surface area contributed by atoms with E-state index < -0.39 is 0 Å². The van der Waals surface area contributed by atoms with Crippen LogP contribution in [0.1, 0.15) is 19.4 Å². The summed E-state index contributed by atoms with van der Waals surface area (Å²) in [5.74, 6) is 0.0205. The molecular weight excluding hydrogens is 346 g/mol. The van der Waals surface area contributed by atoms with Crippen molar-refractivity contribution in [2.75, 3.05) is 5.32 Å². The van der Waals surface area contributed by atoms with Gasteiger partial charge in [0.2, 0.25) is 5.91 Å². The van der Waals surface area contributed by atoms with Gasteiger partial charge in [-0.2, -0.15) is 0 Å². The number of amides is 1. The molecule has 1 atom stereocenters. The highest BCUT2D eigenvalue weighted by atomic mass is 79.9. The Balaban J connectivity index is 1.93. The Hall–Kier alpha value is -1.26. The molecule has 0 saturated carbocycles. The second kappa shape index (κ2) is 7.66. The van der Waals surface area contributed by atoms with Crippen molar-refractivity contribution in [1.29, 1.82) is 0 Å². The van der Waals surface area contributed by atoms with Crippen molar-refractivity contribution >= 4 is 39.3 Å². The number of carbonyl (C=O) groups excluding carboxylic acids is 1. The van der Waals surface area contributed by atoms with Gasteiger partial charge in [0.15, 0.2) is 0 Å². The van der Waals surface area contributed by atoms with Gasteiger partial charge in [-0.3, -0.25) is 4.79 Å². The SMILES string of the molecule is CCc1ccc(NC(=O)[C@H](C)Sc2ccc(Br)cc2)cc1. The topological polar surface area (TPSA) is 29.1 Å². The van der Waals surface area contributed by atoms with E-state index >= 15 is 0 Å². The number of benzene rings is 2. The summed E-state index contributed by atoms with van der Waals surface area (Å²) in [6.07, 6.45) is 1.00. The van der Waals surface area contributed by atoms with Crippen molar-refractivity contribution in [3.63, 3.8) is 0 Å². The maximum Gasteiger partial charge on any atom is 0.237 e. The summed E-state index contributed by atoms with van der Waals surface area (Å²) in [6, 6.07) is 16.0. The first kappa shape index (κ1) is 16.1. The molecule has 2 aromatic carbocycles. The molecule has 0 aliphatic carbocycles. The van der Waals surface area contributed by atoms with Crippen molar-refractivity contribution in [3.8, 4) is 0 Å². The molecular formula is C17H18BrNOS. The molecule has 2 rings (SSSR count). The van der Waals surface area contributed by atoms with E-state index in [1.807, 2.05) is 55.5 Å². The molecule has 0 aromatic heterocycles. The Labute approximate surface area is 138 Å². The molecule has 0 aliphatic rings. The molecule has 0 saturated heterocycles. The van der Waals surface area contributed by atoms with Crippen LogP contribution in [0.25, 0.3) is 0 Å². The van der Waals surface area contributed by atoms with E-state index in [2.05, 4.69) is 28.2 Å². The van der Waals surface area contributed by atoms with Crippen molar-refractivity contribution in [2.45, 2.75) is 30.4 Å². The quantitative estimate of drug-likeness (QED) is 0.745. The minimum atomic E-state index is -0.142. The van der Waals surface area contributed by atoms with Crippen LogP contribution in [0.4, 0.5) is 5.69 Å². The summed E-state index contributed by atoms with van der Waals surface area (Å²) in [5, 5.41) is 2.81. The zero-order valence-electron chi connectivity index (χ0n) is 12.1. The van der Waals surface area contributed by atoms with Crippen molar-refractivity contribution in [1.82, 2.24) is 0 Å². The van der Waals surface area contributed by atoms with Crippen LogP contribution in [0.2, 0.25) is 0 Å². The van der Waals surface area contributed by atoms with Gasteiger partial charge in [-0.05, 0) is 55.3 Å². The molecule has 0 fully saturated rings. The highest BCUT2D eigenvalue weighted by molar-refractivity contribution is 9.10. The van der Waals surface area contributed by atoms with E-state index in [1.54, 1.807) is 11.8 Å². The molecule has 1 N–H and O–H groups in total. The Kier molecular flexibility index (Phi) is 5.88. The molecule has 0 radical (unpaired) electrons. The van der Waals surface area contributed by atoms with Crippen LogP contribution in [0.15, 0.2) is 57.9 Å². The molecule has 0 spiro atoms. The number of nitrogens with one attached hydrogen (secondary N) is 1. The van der Waals surface area contributed by atoms with E-state index in [9.17, 15) is 4.79 Å². The molecule has 0 heterocycles. The number of aryl methyl sites for hydroxylation is 1. The fourth-order valence-corrected chi connectivity index (χ4v) is 2.97. The fourth-order valence-electron chi connectivity index (χ4n) is 1.84. The van der Waals surface area contributed by atoms with E-state index in [0.29, 0.717) is 0 Å². The number of carbonyl (C=O) groups is 1. The first-order chi connectivity index (χ1) is 10.1. The minimum absolute atomic E-state index is 0.0205. The standard InChI is InChI=1S/C17H18BrNOS/c1-3-13-4-8-15(9-5-13)19-17(20)12(2)21-16-10-6-14(18)7-11-16/h4-12H,3H2,1-2H3,(H,19,20)/t12-/m0/s1. The van der Waals surface area contributed by atoms with Gasteiger partial charge in [0, 0.05) is 15.1 Å². The van der Waals surface area contributed by atoms with Crippen LogP contribution in [0, 0.1) is 0 Å². The van der Waals surface area contributed by atoms with Gasteiger partial charge in [-0.25, -0.2) is 0 Å². The number of thioether (sulfide) groups is 1. The Bertz CT molecular complexity index is 595. The smallest absolute Gasteiger partial charge is 0.237 e. The normalized spacial score (nSPS) is 12.0. The molecule has 1 amide bonds. The fraction of sp³-hybridized carbons (Fsp3) is 0.235. The average molecular weight is 364 g/mol. The van der Waals surface area contributed by atoms with Gasteiger partial charge in [0.25, 0.3) is 0 Å². The predicted octanol–water partition coefficient (Wildman–Crippen LogP) is 5.13. The molecule has 110 valence electrons. The maximum absolute atomic E-state index is 12.2. The lowest BCUT2D eigenvalue weighted by Gasteiger charge is -2.12. The van der Waals surface area contributed by atoms with Crippen LogP contribution in [0.3, 0.4) is 0 Å². The third-order valence-electron chi connectivity index (χ3n) is 3.13. The van der Waals surface area contributed by atoms with Crippen LogP contribution < -0.4 is 5.32 Å². The lowest BCUT2D eigenvalue weighted by atomic mass is 10.1. The maximum atomic E-state index is 12.2. The monoisotopic (exact) mass is 363 g/mol. The number of halogens is 1. The summed E-state index contributed by atoms with van der Waals surface area (Å²) >= 11 is 4.96. The van der Waals surface area contributed by atoms with Crippen LogP contribution in [-0.4, -0.2) is 11.2 Å². The number of anilines is 1. The molecule has 21 heavy (non-hydrogen) atoms. The Morgan fingerprint density at radius 2 is 1.76 bits per heavy atom. The molecule has 0 unspecified atom stereocenters. The Morgan fingerprint density at radius 3 is 2.33 bits per heavy atom. The largest absolute Gasteiger partial charge is 0.325 e. The molecule has 2 aromatic rings. The van der Waals surface area contributed by atoms with E-state index in [-0.39, 0.29) is 11.2 Å². The van der Waals surface area contributed by atoms with Gasteiger partial charge < -0.3 is 5.32 Å². The lowest BCUT2D eigenvalue weighted by molar-refractivity contribution is -0.115. The second-order valence-electron chi connectivity index (χ2n) is 4.75. The first-order valence-corrected chi connectivity index (χ1v) is 8.58. The number of hydrogen-bond acceptors (Lipinski definition) is 2. The highest BCUT2D eigenvalue weighted by Gasteiger charge is 2.14. The summed E-state index contributed by atoms with van der Waals surface area (Å²) in [5.41, 5.74) is 2.12. The van der Waals surface area contributed by atoms with Crippen LogP contribution >= 0.6 is 27.7 Å². The highest BCUT2D eigenvalue weighted by Crippen LogP contribution is 2.25. The lowest BCUT2D eigenvalue weighted by Crippen LogP contribution is -2.22. The summed E-state index contributed by atoms with van der Waals surface area (Å²) in [7, 11) is 0. The van der Waals surface area contributed by atoms with Crippen LogP contribution in [-0.2, 0) is 11.2 Å². The molecule has 2 nitrogen and oxygen atoms in total. The van der Waals surface area contributed by atoms with Crippen LogP contribution in [0.5, 0.6) is 0 Å². The minimum Gasteiger partial charge on any atom is -0.325 e. The zero-order chi connectivity index (χ0) is 15.2. The van der Waals surface area contributed by atoms with Crippen molar-refractivity contribution < 1.29 is 4.79 Å². The molecule has 0 bridgehead atoms. The summed E-state index contributed by atoms with van der Waals surface area (Å²) < 4.78 is 1.04. The third-order valence-corrected chi connectivity index (χ3v) is 4.77. The van der Waals surface area contributed by atoms with Gasteiger partial charge in [0.1, 0.15) is 0 Å². The van der Waals surface area contributed by atoms with Gasteiger partial charge >= 0.3 is 0 Å². The first-order valence-electron chi connectivity index (χ1n) is 6.90. The van der Waals surface area contributed by atoms with E-state index in [4.69, 9.17) is 0 Å². The summed E-state index contributed by atoms with van der Waals surface area (Å²) in [6.45, 7) is 4.03. The predicted molar refractivity (Wildman–Crippen MR) is 93.9 cm³/mol. The third kappa shape index (κ3) is 4.90. The van der Waals surface area contributed by atoms with Gasteiger partial charge in [-0.1, -0.05) is 35.0 Å². The van der Waals surface area contributed by atoms with E-state index in [0.717, 1.165) is 21.5 Å². The molecule has 4 heteroatoms. The zero-order valence-corrected chi connectivity index (χ0v) is 14.5. The average Bonchev–Trinajstić information content (AvgIpc) is 2.50.